The van der Waals surface area contributed by atoms with Gasteiger partial charge >= 0.3 is 12.4 Å². The Labute approximate surface area is 183 Å². The second-order valence-corrected chi connectivity index (χ2v) is 7.66. The minimum absolute atomic E-state index is 0.0325. The first-order valence-corrected chi connectivity index (χ1v) is 10.0. The number of halogens is 6. The van der Waals surface area contributed by atoms with Crippen molar-refractivity contribution in [3.63, 3.8) is 0 Å². The van der Waals surface area contributed by atoms with Gasteiger partial charge in [-0.15, -0.1) is 15.3 Å². The molecule has 0 aliphatic carbocycles. The molecule has 4 rings (SSSR count). The molecule has 1 N–H and O–H groups in total. The molecular formula is C20H18F6N6O. The highest BCUT2D eigenvalue weighted by atomic mass is 19.4. The van der Waals surface area contributed by atoms with Gasteiger partial charge in [-0.25, -0.2) is 0 Å². The van der Waals surface area contributed by atoms with E-state index >= 15 is 0 Å². The Morgan fingerprint density at radius 2 is 1.73 bits per heavy atom. The molecular weight excluding hydrogens is 454 g/mol. The van der Waals surface area contributed by atoms with Crippen LogP contribution in [0.5, 0.6) is 0 Å². The average molecular weight is 472 g/mol. The van der Waals surface area contributed by atoms with Crippen LogP contribution >= 0.6 is 0 Å². The van der Waals surface area contributed by atoms with Crippen LogP contribution in [0.4, 0.5) is 32.2 Å². The number of rotatable bonds is 4. The summed E-state index contributed by atoms with van der Waals surface area (Å²) in [5.41, 5.74) is -0.480. The van der Waals surface area contributed by atoms with E-state index < -0.39 is 23.7 Å². The standard InChI is InChI=1S/C20H18F6N6O/c21-19(22,23)14-3-1-2-12(10-14)11-27-17(33)13-6-8-31(9-7-13)16-5-4-15-28-29-18(20(24,25)26)32(15)30-16/h1-5,10,13H,6-9,11H2,(H,27,33). The number of fused-ring (bicyclic) bond motifs is 1. The third-order valence-corrected chi connectivity index (χ3v) is 5.41. The summed E-state index contributed by atoms with van der Waals surface area (Å²) >= 11 is 0. The number of nitrogens with zero attached hydrogens (tertiary/aromatic N) is 5. The van der Waals surface area contributed by atoms with Gasteiger partial charge in [0.15, 0.2) is 5.65 Å². The Morgan fingerprint density at radius 1 is 1.00 bits per heavy atom. The molecule has 1 saturated heterocycles. The second kappa shape index (κ2) is 8.52. The lowest BCUT2D eigenvalue weighted by molar-refractivity contribution is -0.146. The van der Waals surface area contributed by atoms with Gasteiger partial charge in [-0.3, -0.25) is 4.79 Å². The molecule has 1 aromatic carbocycles. The Morgan fingerprint density at radius 3 is 2.39 bits per heavy atom. The monoisotopic (exact) mass is 472 g/mol. The van der Waals surface area contributed by atoms with Crippen molar-refractivity contribution in [1.29, 1.82) is 0 Å². The Balaban J connectivity index is 1.36. The van der Waals surface area contributed by atoms with Crippen molar-refractivity contribution in [2.75, 3.05) is 18.0 Å². The molecule has 0 radical (unpaired) electrons. The summed E-state index contributed by atoms with van der Waals surface area (Å²) in [6, 6.07) is 7.66. The van der Waals surface area contributed by atoms with Crippen molar-refractivity contribution >= 4 is 17.4 Å². The van der Waals surface area contributed by atoms with Crippen LogP contribution in [0.25, 0.3) is 5.65 Å². The van der Waals surface area contributed by atoms with Crippen molar-refractivity contribution in [3.05, 3.63) is 53.3 Å². The highest BCUT2D eigenvalue weighted by molar-refractivity contribution is 5.79. The number of anilines is 1. The van der Waals surface area contributed by atoms with Gasteiger partial charge in [0.25, 0.3) is 5.82 Å². The van der Waals surface area contributed by atoms with Crippen LogP contribution in [0.1, 0.15) is 29.8 Å². The zero-order valence-corrected chi connectivity index (χ0v) is 17.0. The third-order valence-electron chi connectivity index (χ3n) is 5.41. The number of hydrogen-bond acceptors (Lipinski definition) is 5. The van der Waals surface area contributed by atoms with Crippen LogP contribution in [-0.2, 0) is 23.7 Å². The fourth-order valence-corrected chi connectivity index (χ4v) is 3.69. The van der Waals surface area contributed by atoms with Gasteiger partial charge in [0, 0.05) is 25.6 Å². The molecule has 3 aromatic rings. The molecule has 0 saturated carbocycles. The number of aromatic nitrogens is 4. The maximum atomic E-state index is 13.1. The zero-order chi connectivity index (χ0) is 23.8. The van der Waals surface area contributed by atoms with Crippen molar-refractivity contribution in [1.82, 2.24) is 25.1 Å². The van der Waals surface area contributed by atoms with E-state index in [1.165, 1.54) is 24.3 Å². The summed E-state index contributed by atoms with van der Waals surface area (Å²) in [4.78, 5) is 14.2. The van der Waals surface area contributed by atoms with E-state index in [4.69, 9.17) is 0 Å². The largest absolute Gasteiger partial charge is 0.453 e. The number of benzene rings is 1. The lowest BCUT2D eigenvalue weighted by Gasteiger charge is -2.32. The number of nitrogens with one attached hydrogen (secondary N) is 1. The van der Waals surface area contributed by atoms with Crippen molar-refractivity contribution in [3.8, 4) is 0 Å². The lowest BCUT2D eigenvalue weighted by atomic mass is 9.96. The van der Waals surface area contributed by atoms with Crippen LogP contribution in [-0.4, -0.2) is 38.8 Å². The SMILES string of the molecule is O=C(NCc1cccc(C(F)(F)F)c1)C1CCN(c2ccc3nnc(C(F)(F)F)n3n2)CC1. The van der Waals surface area contributed by atoms with Crippen LogP contribution in [0.15, 0.2) is 36.4 Å². The van der Waals surface area contributed by atoms with E-state index in [9.17, 15) is 31.1 Å². The summed E-state index contributed by atoms with van der Waals surface area (Å²) in [5.74, 6) is -1.57. The van der Waals surface area contributed by atoms with Gasteiger partial charge in [0.05, 0.1) is 5.56 Å². The Bertz CT molecular complexity index is 1150. The lowest BCUT2D eigenvalue weighted by Crippen LogP contribution is -2.40. The smallest absolute Gasteiger partial charge is 0.355 e. The Kier molecular flexibility index (Phi) is 5.89. The maximum Gasteiger partial charge on any atom is 0.453 e. The van der Waals surface area contributed by atoms with Gasteiger partial charge < -0.3 is 10.2 Å². The molecule has 3 heterocycles. The number of carbonyl (C=O) groups excluding carboxylic acids is 1. The number of hydrogen-bond donors (Lipinski definition) is 1. The number of amides is 1. The van der Waals surface area contributed by atoms with E-state index in [0.29, 0.717) is 41.8 Å². The minimum atomic E-state index is -4.70. The van der Waals surface area contributed by atoms with Crippen LogP contribution < -0.4 is 10.2 Å². The highest BCUT2D eigenvalue weighted by Crippen LogP contribution is 2.30. The molecule has 176 valence electrons. The normalized spacial score (nSPS) is 15.8. The zero-order valence-electron chi connectivity index (χ0n) is 17.0. The molecule has 33 heavy (non-hydrogen) atoms. The van der Waals surface area contributed by atoms with E-state index in [1.807, 2.05) is 0 Å². The van der Waals surface area contributed by atoms with Crippen LogP contribution in [0, 0.1) is 5.92 Å². The molecule has 1 fully saturated rings. The summed E-state index contributed by atoms with van der Waals surface area (Å²) in [6.07, 6.45) is -8.32. The van der Waals surface area contributed by atoms with E-state index in [-0.39, 0.29) is 24.0 Å². The van der Waals surface area contributed by atoms with Gasteiger partial charge in [0.1, 0.15) is 5.82 Å². The van der Waals surface area contributed by atoms with Crippen molar-refractivity contribution < 1.29 is 31.1 Å². The molecule has 1 amide bonds. The molecule has 0 atom stereocenters. The molecule has 0 bridgehead atoms. The fraction of sp³-hybridized carbons (Fsp3) is 0.400. The molecule has 1 aliphatic heterocycles. The minimum Gasteiger partial charge on any atom is -0.355 e. The number of carbonyl (C=O) groups is 1. The van der Waals surface area contributed by atoms with Gasteiger partial charge in [-0.05, 0) is 42.7 Å². The molecule has 0 spiro atoms. The molecule has 7 nitrogen and oxygen atoms in total. The summed E-state index contributed by atoms with van der Waals surface area (Å²) in [7, 11) is 0. The van der Waals surface area contributed by atoms with Crippen LogP contribution in [0.3, 0.4) is 0 Å². The van der Waals surface area contributed by atoms with E-state index in [0.717, 1.165) is 12.1 Å². The molecule has 1 aliphatic rings. The second-order valence-electron chi connectivity index (χ2n) is 7.66. The molecule has 13 heteroatoms. The van der Waals surface area contributed by atoms with Crippen molar-refractivity contribution in [2.24, 2.45) is 5.92 Å². The highest BCUT2D eigenvalue weighted by Gasteiger charge is 2.38. The first-order valence-electron chi connectivity index (χ1n) is 10.0. The first kappa shape index (κ1) is 22.8. The third kappa shape index (κ3) is 5.01. The summed E-state index contributed by atoms with van der Waals surface area (Å²) in [5, 5.41) is 13.3. The number of piperidine rings is 1. The first-order chi connectivity index (χ1) is 15.5. The predicted octanol–water partition coefficient (Wildman–Crippen LogP) is 3.69. The van der Waals surface area contributed by atoms with Crippen molar-refractivity contribution in [2.45, 2.75) is 31.7 Å². The van der Waals surface area contributed by atoms with Gasteiger partial charge in [0.2, 0.25) is 5.91 Å². The molecule has 2 aromatic heterocycles. The fourth-order valence-electron chi connectivity index (χ4n) is 3.69. The van der Waals surface area contributed by atoms with E-state index in [1.54, 1.807) is 4.90 Å². The van der Waals surface area contributed by atoms with E-state index in [2.05, 4.69) is 20.6 Å². The maximum absolute atomic E-state index is 13.1. The van der Waals surface area contributed by atoms with Gasteiger partial charge in [-0.1, -0.05) is 12.1 Å². The number of alkyl halides is 6. The predicted molar refractivity (Wildman–Crippen MR) is 104 cm³/mol. The average Bonchev–Trinajstić information content (AvgIpc) is 3.21. The summed E-state index contributed by atoms with van der Waals surface area (Å²) in [6.45, 7) is 0.725. The molecule has 0 unspecified atom stereocenters. The Hall–Kier alpha value is -3.38. The topological polar surface area (TPSA) is 75.4 Å². The quantitative estimate of drug-likeness (QED) is 0.587. The van der Waals surface area contributed by atoms with Gasteiger partial charge in [-0.2, -0.15) is 30.9 Å². The van der Waals surface area contributed by atoms with Crippen LogP contribution in [0.2, 0.25) is 0 Å². The summed E-state index contributed by atoms with van der Waals surface area (Å²) < 4.78 is 78.3.